The molecule has 0 aromatic heterocycles. The molecule has 0 spiro atoms. The minimum Gasteiger partial charge on any atom is -0.465 e. The van der Waals surface area contributed by atoms with Crippen molar-refractivity contribution >= 4 is 17.7 Å². The van der Waals surface area contributed by atoms with Gasteiger partial charge in [-0.05, 0) is 38.0 Å². The lowest BCUT2D eigenvalue weighted by atomic mass is 10.1. The van der Waals surface area contributed by atoms with Crippen molar-refractivity contribution in [3.63, 3.8) is 0 Å². The Hall–Kier alpha value is -1.74. The van der Waals surface area contributed by atoms with Crippen molar-refractivity contribution in [3.05, 3.63) is 65.2 Å². The minimum atomic E-state index is -0.326. The summed E-state index contributed by atoms with van der Waals surface area (Å²) in [5, 5.41) is -0.326. The van der Waals surface area contributed by atoms with E-state index < -0.39 is 0 Å². The summed E-state index contributed by atoms with van der Waals surface area (Å²) < 4.78 is 5.23. The molecule has 0 aliphatic rings. The molecular weight excluding hydrogens is 280 g/mol. The van der Waals surface area contributed by atoms with E-state index in [2.05, 4.69) is 32.0 Å². The van der Waals surface area contributed by atoms with Gasteiger partial charge >= 0.3 is 5.97 Å². The van der Waals surface area contributed by atoms with Gasteiger partial charge in [0, 0.05) is 4.90 Å². The number of rotatable bonds is 5. The van der Waals surface area contributed by atoms with Crippen LogP contribution in [0.25, 0.3) is 0 Å². The third-order valence-corrected chi connectivity index (χ3v) is 4.59. The lowest BCUT2D eigenvalue weighted by molar-refractivity contribution is -0.142. The fourth-order valence-electron chi connectivity index (χ4n) is 2.16. The van der Waals surface area contributed by atoms with Gasteiger partial charge in [0.1, 0.15) is 5.25 Å². The van der Waals surface area contributed by atoms with Crippen molar-refractivity contribution in [1.82, 2.24) is 0 Å². The summed E-state index contributed by atoms with van der Waals surface area (Å²) in [6.45, 7) is 6.38. The first-order valence-electron chi connectivity index (χ1n) is 7.07. The topological polar surface area (TPSA) is 26.3 Å². The monoisotopic (exact) mass is 300 g/mol. The molecule has 0 bridgehead atoms. The van der Waals surface area contributed by atoms with Gasteiger partial charge in [-0.3, -0.25) is 4.79 Å². The molecule has 110 valence electrons. The smallest absolute Gasteiger partial charge is 0.323 e. The zero-order valence-corrected chi connectivity index (χ0v) is 13.4. The summed E-state index contributed by atoms with van der Waals surface area (Å²) in [5.74, 6) is -0.186. The van der Waals surface area contributed by atoms with Crippen LogP contribution in [0, 0.1) is 13.8 Å². The minimum absolute atomic E-state index is 0.186. The Morgan fingerprint density at radius 2 is 1.86 bits per heavy atom. The standard InChI is InChI=1S/C18H20O2S/c1-4-20-18(19)17(15-8-6-5-7-9-15)21-16-11-10-13(2)12-14(16)3/h5-12,17H,4H2,1-3H3. The van der Waals surface area contributed by atoms with Crippen molar-refractivity contribution in [1.29, 1.82) is 0 Å². The largest absolute Gasteiger partial charge is 0.465 e. The highest BCUT2D eigenvalue weighted by molar-refractivity contribution is 8.00. The molecule has 3 heteroatoms. The molecule has 2 nitrogen and oxygen atoms in total. The van der Waals surface area contributed by atoms with Crippen LogP contribution in [0.5, 0.6) is 0 Å². The van der Waals surface area contributed by atoms with E-state index in [-0.39, 0.29) is 11.2 Å². The number of benzene rings is 2. The lowest BCUT2D eigenvalue weighted by Gasteiger charge is -2.17. The Balaban J connectivity index is 2.30. The number of esters is 1. The maximum Gasteiger partial charge on any atom is 0.323 e. The SMILES string of the molecule is CCOC(=O)C(Sc1ccc(C)cc1C)c1ccccc1. The molecule has 2 rings (SSSR count). The second-order valence-electron chi connectivity index (χ2n) is 4.93. The van der Waals surface area contributed by atoms with Crippen LogP contribution < -0.4 is 0 Å². The quantitative estimate of drug-likeness (QED) is 0.591. The molecule has 0 heterocycles. The molecule has 0 aliphatic heterocycles. The van der Waals surface area contributed by atoms with Crippen LogP contribution >= 0.6 is 11.8 Å². The zero-order chi connectivity index (χ0) is 15.2. The second-order valence-corrected chi connectivity index (χ2v) is 6.08. The van der Waals surface area contributed by atoms with E-state index >= 15 is 0 Å². The number of aryl methyl sites for hydroxylation is 2. The summed E-state index contributed by atoms with van der Waals surface area (Å²) in [4.78, 5) is 13.4. The first-order valence-corrected chi connectivity index (χ1v) is 7.95. The van der Waals surface area contributed by atoms with Crippen LogP contribution in [0.3, 0.4) is 0 Å². The van der Waals surface area contributed by atoms with E-state index in [1.54, 1.807) is 11.8 Å². The average Bonchev–Trinajstić information content (AvgIpc) is 2.47. The molecular formula is C18H20O2S. The van der Waals surface area contributed by atoms with Crippen LogP contribution in [-0.2, 0) is 9.53 Å². The summed E-state index contributed by atoms with van der Waals surface area (Å²) in [7, 11) is 0. The van der Waals surface area contributed by atoms with E-state index in [0.29, 0.717) is 6.61 Å². The third kappa shape index (κ3) is 4.11. The summed E-state index contributed by atoms with van der Waals surface area (Å²) in [6, 6.07) is 16.1. The highest BCUT2D eigenvalue weighted by Gasteiger charge is 2.23. The van der Waals surface area contributed by atoms with Crippen LogP contribution in [0.4, 0.5) is 0 Å². The van der Waals surface area contributed by atoms with Crippen molar-refractivity contribution in [2.45, 2.75) is 30.9 Å². The Morgan fingerprint density at radius 1 is 1.14 bits per heavy atom. The van der Waals surface area contributed by atoms with Crippen LogP contribution in [0.2, 0.25) is 0 Å². The van der Waals surface area contributed by atoms with Gasteiger partial charge in [0.25, 0.3) is 0 Å². The van der Waals surface area contributed by atoms with Crippen molar-refractivity contribution < 1.29 is 9.53 Å². The van der Waals surface area contributed by atoms with Gasteiger partial charge in [0.15, 0.2) is 0 Å². The molecule has 1 unspecified atom stereocenters. The van der Waals surface area contributed by atoms with Gasteiger partial charge < -0.3 is 4.74 Å². The van der Waals surface area contributed by atoms with Gasteiger partial charge in [-0.2, -0.15) is 0 Å². The second kappa shape index (κ2) is 7.32. The molecule has 0 amide bonds. The molecule has 0 N–H and O–H groups in total. The van der Waals surface area contributed by atoms with Gasteiger partial charge in [0.05, 0.1) is 6.61 Å². The van der Waals surface area contributed by atoms with Gasteiger partial charge in [0.2, 0.25) is 0 Å². The average molecular weight is 300 g/mol. The molecule has 1 atom stereocenters. The zero-order valence-electron chi connectivity index (χ0n) is 12.6. The van der Waals surface area contributed by atoms with Crippen molar-refractivity contribution in [2.75, 3.05) is 6.61 Å². The molecule has 0 aliphatic carbocycles. The van der Waals surface area contributed by atoms with Gasteiger partial charge in [-0.15, -0.1) is 11.8 Å². The highest BCUT2D eigenvalue weighted by Crippen LogP contribution is 2.38. The summed E-state index contributed by atoms with van der Waals surface area (Å²) >= 11 is 1.55. The van der Waals surface area contributed by atoms with Crippen LogP contribution in [0.1, 0.15) is 28.9 Å². The molecule has 0 fully saturated rings. The summed E-state index contributed by atoms with van der Waals surface area (Å²) in [5.41, 5.74) is 3.38. The number of carbonyl (C=O) groups excluding carboxylic acids is 1. The first-order chi connectivity index (χ1) is 10.1. The molecule has 0 saturated heterocycles. The maximum absolute atomic E-state index is 12.3. The third-order valence-electron chi connectivity index (χ3n) is 3.18. The maximum atomic E-state index is 12.3. The Bertz CT molecular complexity index is 608. The molecule has 0 radical (unpaired) electrons. The van der Waals surface area contributed by atoms with E-state index in [1.807, 2.05) is 37.3 Å². The lowest BCUT2D eigenvalue weighted by Crippen LogP contribution is -2.13. The van der Waals surface area contributed by atoms with Crippen LogP contribution in [-0.4, -0.2) is 12.6 Å². The summed E-state index contributed by atoms with van der Waals surface area (Å²) in [6.07, 6.45) is 0. The number of hydrogen-bond donors (Lipinski definition) is 0. The fraction of sp³-hybridized carbons (Fsp3) is 0.278. The number of ether oxygens (including phenoxy) is 1. The molecule has 21 heavy (non-hydrogen) atoms. The number of thioether (sulfide) groups is 1. The number of carbonyl (C=O) groups is 1. The predicted molar refractivity (Wildman–Crippen MR) is 87.6 cm³/mol. The van der Waals surface area contributed by atoms with Gasteiger partial charge in [-0.1, -0.05) is 48.0 Å². The normalized spacial score (nSPS) is 12.0. The molecule has 2 aromatic carbocycles. The van der Waals surface area contributed by atoms with Crippen molar-refractivity contribution in [2.24, 2.45) is 0 Å². The van der Waals surface area contributed by atoms with Gasteiger partial charge in [-0.25, -0.2) is 0 Å². The van der Waals surface area contributed by atoms with E-state index in [0.717, 1.165) is 10.5 Å². The van der Waals surface area contributed by atoms with E-state index in [1.165, 1.54) is 11.1 Å². The first kappa shape index (κ1) is 15.6. The molecule has 2 aromatic rings. The Kier molecular flexibility index (Phi) is 5.45. The number of hydrogen-bond acceptors (Lipinski definition) is 3. The van der Waals surface area contributed by atoms with E-state index in [4.69, 9.17) is 4.74 Å². The van der Waals surface area contributed by atoms with Crippen LogP contribution in [0.15, 0.2) is 53.4 Å². The fourth-order valence-corrected chi connectivity index (χ4v) is 3.26. The Morgan fingerprint density at radius 3 is 2.48 bits per heavy atom. The van der Waals surface area contributed by atoms with E-state index in [9.17, 15) is 4.79 Å². The van der Waals surface area contributed by atoms with Crippen molar-refractivity contribution in [3.8, 4) is 0 Å². The predicted octanol–water partition coefficient (Wildman–Crippen LogP) is 4.70. The molecule has 0 saturated carbocycles. The highest BCUT2D eigenvalue weighted by atomic mass is 32.2. The Labute approximate surface area is 130 Å².